The molecule has 0 atom stereocenters. The smallest absolute Gasteiger partial charge is 0.188 e. The molecule has 3 aromatic rings. The van der Waals surface area contributed by atoms with Crippen LogP contribution in [0.1, 0.15) is 39.0 Å². The summed E-state index contributed by atoms with van der Waals surface area (Å²) in [5.41, 5.74) is 2.53. The Morgan fingerprint density at radius 3 is 2.18 bits per heavy atom. The van der Waals surface area contributed by atoms with Gasteiger partial charge in [0.2, 0.25) is 0 Å². The number of nitrogens with zero attached hydrogens (tertiary/aromatic N) is 2. The number of aromatic nitrogens is 2. The number of carbonyl (C=O) groups excluding carboxylic acids is 2. The third-order valence-electron chi connectivity index (χ3n) is 3.76. The van der Waals surface area contributed by atoms with Crippen molar-refractivity contribution in [1.82, 2.24) is 9.97 Å². The molecule has 9 heteroatoms. The molecular weight excluding hydrogens is 556 g/mol. The van der Waals surface area contributed by atoms with Crippen LogP contribution in [0.25, 0.3) is 0 Å². The van der Waals surface area contributed by atoms with Gasteiger partial charge in [-0.15, -0.1) is 34.4 Å². The molecule has 2 heterocycles. The molecule has 1 aliphatic rings. The summed E-state index contributed by atoms with van der Waals surface area (Å²) >= 11 is 11.8. The molecule has 4 nitrogen and oxygen atoms in total. The van der Waals surface area contributed by atoms with Crippen molar-refractivity contribution < 1.29 is 9.59 Å². The summed E-state index contributed by atoms with van der Waals surface area (Å²) in [5, 5.41) is 1.15. The first-order chi connectivity index (χ1) is 15.9. The average Bonchev–Trinajstić information content (AvgIpc) is 3.49. The second kappa shape index (κ2) is 15.1. The lowest BCUT2D eigenvalue weighted by Gasteiger charge is -1.97. The molecular formula is C24H22BrN2O2S4+. The first-order valence-electron chi connectivity index (χ1n) is 9.70. The maximum atomic E-state index is 11.1. The van der Waals surface area contributed by atoms with Crippen molar-refractivity contribution in [3.63, 3.8) is 0 Å². The van der Waals surface area contributed by atoms with Crippen LogP contribution in [0.2, 0.25) is 0 Å². The summed E-state index contributed by atoms with van der Waals surface area (Å²) in [6.45, 7) is 3.05. The molecule has 2 aromatic heterocycles. The van der Waals surface area contributed by atoms with Gasteiger partial charge in [-0.25, -0.2) is 9.97 Å². The van der Waals surface area contributed by atoms with Gasteiger partial charge in [-0.05, 0) is 21.5 Å². The minimum Gasteiger partial charge on any atom is -0.292 e. The van der Waals surface area contributed by atoms with E-state index in [4.69, 9.17) is 0 Å². The molecule has 0 amide bonds. The molecule has 4 rings (SSSR count). The van der Waals surface area contributed by atoms with E-state index in [1.54, 1.807) is 31.1 Å². The number of ketones is 2. The van der Waals surface area contributed by atoms with Crippen LogP contribution in [-0.2, 0) is 5.75 Å². The normalized spacial score (nSPS) is 11.3. The standard InChI is InChI=1S/C12H11NOS2.C7H6S.C5H4BrNOS/c1-9(14)12-13-7-11(16-12)15-8-10-5-3-2-4-6-10;8-6-7-4-2-1-3-5-7;1-3(8)5-7-2-4(6)9-5/h2-7H,8H2,1H3;2-5H,6H2;2H,1H3/p+1. The van der Waals surface area contributed by atoms with Crippen molar-refractivity contribution in [3.05, 3.63) is 98.0 Å². The Bertz CT molecular complexity index is 1130. The molecule has 0 spiro atoms. The van der Waals surface area contributed by atoms with Crippen molar-refractivity contribution in [1.29, 1.82) is 0 Å². The Kier molecular flexibility index (Phi) is 12.5. The zero-order chi connectivity index (χ0) is 24.1. The Labute approximate surface area is 220 Å². The topological polar surface area (TPSA) is 59.9 Å². The summed E-state index contributed by atoms with van der Waals surface area (Å²) in [6, 6.07) is 10.3. The van der Waals surface area contributed by atoms with Gasteiger partial charge in [0, 0.05) is 31.4 Å². The van der Waals surface area contributed by atoms with Gasteiger partial charge in [-0.2, -0.15) is 12.6 Å². The van der Waals surface area contributed by atoms with Crippen molar-refractivity contribution in [3.8, 4) is 0 Å². The van der Waals surface area contributed by atoms with E-state index in [0.717, 1.165) is 19.5 Å². The van der Waals surface area contributed by atoms with Gasteiger partial charge in [0.05, 0.1) is 38.1 Å². The number of carbonyl (C=O) groups is 2. The molecule has 0 aliphatic heterocycles. The quantitative estimate of drug-likeness (QED) is 0.142. The highest BCUT2D eigenvalue weighted by Crippen LogP contribution is 2.28. The molecule has 0 fully saturated rings. The van der Waals surface area contributed by atoms with Crippen LogP contribution in [-0.4, -0.2) is 27.3 Å². The lowest BCUT2D eigenvalue weighted by atomic mass is 10.2. The molecule has 0 saturated heterocycles. The Hall–Kier alpha value is -1.87. The van der Waals surface area contributed by atoms with E-state index in [9.17, 15) is 9.59 Å². The van der Waals surface area contributed by atoms with E-state index in [1.165, 1.54) is 40.7 Å². The fourth-order valence-electron chi connectivity index (χ4n) is 2.16. The maximum Gasteiger partial charge on any atom is 0.188 e. The van der Waals surface area contributed by atoms with Crippen molar-refractivity contribution in [2.75, 3.05) is 5.75 Å². The fourth-order valence-corrected chi connectivity index (χ4v) is 5.30. The largest absolute Gasteiger partial charge is 0.292 e. The molecule has 1 aromatic carbocycles. The highest BCUT2D eigenvalue weighted by atomic mass is 79.9. The predicted molar refractivity (Wildman–Crippen MR) is 147 cm³/mol. The lowest BCUT2D eigenvalue weighted by Crippen LogP contribution is -1.87. The number of hydrogen-bond acceptors (Lipinski definition) is 8. The maximum absolute atomic E-state index is 11.1. The fraction of sp³-hybridized carbons (Fsp3) is 0.167. The zero-order valence-corrected chi connectivity index (χ0v) is 23.0. The Morgan fingerprint density at radius 1 is 1.06 bits per heavy atom. The van der Waals surface area contributed by atoms with E-state index in [1.807, 2.05) is 42.5 Å². The van der Waals surface area contributed by atoms with E-state index >= 15 is 0 Å². The molecule has 0 bridgehead atoms. The molecule has 0 saturated carbocycles. The van der Waals surface area contributed by atoms with Crippen molar-refractivity contribution >= 4 is 74.6 Å². The zero-order valence-electron chi connectivity index (χ0n) is 18.0. The summed E-state index contributed by atoms with van der Waals surface area (Å²) in [4.78, 5) is 29.6. The van der Waals surface area contributed by atoms with Gasteiger partial charge < -0.3 is 0 Å². The van der Waals surface area contributed by atoms with Crippen LogP contribution in [0.4, 0.5) is 0 Å². The van der Waals surface area contributed by atoms with E-state index in [-0.39, 0.29) is 11.6 Å². The van der Waals surface area contributed by atoms with Crippen LogP contribution in [0.15, 0.2) is 80.6 Å². The average molecular weight is 579 g/mol. The van der Waals surface area contributed by atoms with E-state index < -0.39 is 0 Å². The van der Waals surface area contributed by atoms with Gasteiger partial charge in [-0.1, -0.05) is 30.3 Å². The number of rotatable bonds is 6. The number of thiazole rings is 2. The van der Waals surface area contributed by atoms with Crippen LogP contribution in [0.5, 0.6) is 0 Å². The van der Waals surface area contributed by atoms with E-state index in [0.29, 0.717) is 10.0 Å². The number of thioether (sulfide) groups is 1. The van der Waals surface area contributed by atoms with Crippen LogP contribution >= 0.6 is 63.0 Å². The predicted octanol–water partition coefficient (Wildman–Crippen LogP) is 7.52. The molecule has 1 aliphatic carbocycles. The Morgan fingerprint density at radius 2 is 1.73 bits per heavy atom. The van der Waals surface area contributed by atoms with Gasteiger partial charge in [-0.3, -0.25) is 9.59 Å². The second-order valence-electron chi connectivity index (χ2n) is 6.41. The Balaban J connectivity index is 0.000000192. The third kappa shape index (κ3) is 10.7. The van der Waals surface area contributed by atoms with Gasteiger partial charge in [0.1, 0.15) is 12.2 Å². The minimum atomic E-state index is 0.0192. The van der Waals surface area contributed by atoms with Crippen LogP contribution in [0.3, 0.4) is 0 Å². The first-order valence-corrected chi connectivity index (χ1v) is 13.7. The van der Waals surface area contributed by atoms with Crippen LogP contribution in [0, 0.1) is 6.08 Å². The van der Waals surface area contributed by atoms with E-state index in [2.05, 4.69) is 56.7 Å². The molecule has 0 radical (unpaired) electrons. The van der Waals surface area contributed by atoms with Gasteiger partial charge in [0.25, 0.3) is 0 Å². The monoisotopic (exact) mass is 577 g/mol. The number of thiol groups is 1. The number of benzene rings is 1. The van der Waals surface area contributed by atoms with Crippen molar-refractivity contribution in [2.45, 2.75) is 23.8 Å². The number of Topliss-reactive ketones (excluding diaryl/α,β-unsaturated/α-hetero) is 2. The number of allylic oxidation sites excluding steroid dienone is 5. The van der Waals surface area contributed by atoms with Gasteiger partial charge >= 0.3 is 0 Å². The second-order valence-corrected chi connectivity index (χ2v) is 11.4. The highest BCUT2D eigenvalue weighted by Gasteiger charge is 2.06. The SMILES string of the molecule is CC(=O)c1ncc(Br)s1.CC(=O)c1ncc(SCc2ccccc2)s1.SCC1=CC=[C+]C=C1. The third-order valence-corrected chi connectivity index (χ3v) is 8.06. The minimum absolute atomic E-state index is 0.0192. The molecule has 33 heavy (non-hydrogen) atoms. The number of hydrogen-bond donors (Lipinski definition) is 1. The summed E-state index contributed by atoms with van der Waals surface area (Å²) < 4.78 is 1.99. The van der Waals surface area contributed by atoms with Crippen LogP contribution < -0.4 is 0 Å². The first kappa shape index (κ1) is 27.4. The molecule has 0 N–H and O–H groups in total. The summed E-state index contributed by atoms with van der Waals surface area (Å²) in [5.74, 6) is 1.79. The lowest BCUT2D eigenvalue weighted by molar-refractivity contribution is 0.100. The highest BCUT2D eigenvalue weighted by molar-refractivity contribution is 9.11. The van der Waals surface area contributed by atoms with Gasteiger partial charge in [0.15, 0.2) is 21.6 Å². The summed E-state index contributed by atoms with van der Waals surface area (Å²) in [7, 11) is 0. The number of halogens is 1. The molecule has 0 unspecified atom stereocenters. The summed E-state index contributed by atoms with van der Waals surface area (Å²) in [6.07, 6.45) is 14.1. The molecule has 170 valence electrons. The van der Waals surface area contributed by atoms with Crippen molar-refractivity contribution in [2.24, 2.45) is 0 Å².